The van der Waals surface area contributed by atoms with Crippen molar-refractivity contribution in [3.63, 3.8) is 0 Å². The molecule has 152 valence electrons. The van der Waals surface area contributed by atoms with Gasteiger partial charge in [-0.3, -0.25) is 14.7 Å². The van der Waals surface area contributed by atoms with Crippen LogP contribution in [0.2, 0.25) is 0 Å². The Morgan fingerprint density at radius 3 is 2.69 bits per heavy atom. The molecule has 1 aromatic carbocycles. The third-order valence-electron chi connectivity index (χ3n) is 5.62. The molecule has 29 heavy (non-hydrogen) atoms. The topological polar surface area (TPSA) is 50.6 Å². The quantitative estimate of drug-likeness (QED) is 0.620. The van der Waals surface area contributed by atoms with E-state index in [4.69, 9.17) is 4.74 Å². The second kappa shape index (κ2) is 9.20. The smallest absolute Gasteiger partial charge is 0.253 e. The predicted molar refractivity (Wildman–Crippen MR) is 114 cm³/mol. The van der Waals surface area contributed by atoms with Gasteiger partial charge in [-0.15, -0.1) is 0 Å². The van der Waals surface area contributed by atoms with Crippen molar-refractivity contribution in [3.8, 4) is 0 Å². The van der Waals surface area contributed by atoms with Crippen LogP contribution in [0.25, 0.3) is 10.9 Å². The van der Waals surface area contributed by atoms with Gasteiger partial charge < -0.3 is 14.2 Å². The first-order chi connectivity index (χ1) is 14.2. The number of pyridine rings is 1. The lowest BCUT2D eigenvalue weighted by atomic mass is 10.1. The van der Waals surface area contributed by atoms with E-state index in [9.17, 15) is 4.79 Å². The lowest BCUT2D eigenvalue weighted by molar-refractivity contribution is 0.0638. The van der Waals surface area contributed by atoms with E-state index in [0.29, 0.717) is 6.61 Å². The van der Waals surface area contributed by atoms with E-state index in [1.54, 1.807) is 7.11 Å². The molecule has 0 spiro atoms. The maximum atomic E-state index is 13.0. The normalized spacial score (nSPS) is 15.1. The van der Waals surface area contributed by atoms with Gasteiger partial charge in [-0.2, -0.15) is 0 Å². The molecule has 1 saturated heterocycles. The number of benzene rings is 1. The summed E-state index contributed by atoms with van der Waals surface area (Å²) in [5.41, 5.74) is 3.03. The van der Waals surface area contributed by atoms with Crippen molar-refractivity contribution in [2.24, 2.45) is 0 Å². The van der Waals surface area contributed by atoms with Crippen LogP contribution >= 0.6 is 0 Å². The summed E-state index contributed by atoms with van der Waals surface area (Å²) in [5.74, 6) is 0.126. The highest BCUT2D eigenvalue weighted by atomic mass is 16.5. The maximum absolute atomic E-state index is 13.0. The average molecular weight is 393 g/mol. The fourth-order valence-corrected chi connectivity index (χ4v) is 3.89. The molecule has 0 N–H and O–H groups in total. The Hall–Kier alpha value is -2.70. The number of methoxy groups -OCH3 is 1. The fourth-order valence-electron chi connectivity index (χ4n) is 3.89. The molecule has 2 aromatic heterocycles. The van der Waals surface area contributed by atoms with Crippen molar-refractivity contribution < 1.29 is 9.53 Å². The summed E-state index contributed by atoms with van der Waals surface area (Å²) >= 11 is 0. The zero-order chi connectivity index (χ0) is 20.1. The highest BCUT2D eigenvalue weighted by Gasteiger charge is 2.22. The van der Waals surface area contributed by atoms with Gasteiger partial charge in [-0.25, -0.2) is 0 Å². The molecular weight excluding hydrogens is 364 g/mol. The van der Waals surface area contributed by atoms with E-state index in [0.717, 1.165) is 67.8 Å². The molecule has 6 heteroatoms. The van der Waals surface area contributed by atoms with Crippen LogP contribution in [0, 0.1) is 0 Å². The minimum atomic E-state index is 0.126. The number of rotatable bonds is 7. The third kappa shape index (κ3) is 4.66. The first kappa shape index (κ1) is 19.6. The zero-order valence-electron chi connectivity index (χ0n) is 17.0. The van der Waals surface area contributed by atoms with Crippen LogP contribution in [-0.2, 0) is 17.7 Å². The van der Waals surface area contributed by atoms with Crippen molar-refractivity contribution in [1.82, 2.24) is 19.4 Å². The van der Waals surface area contributed by atoms with E-state index in [2.05, 4.69) is 32.8 Å². The summed E-state index contributed by atoms with van der Waals surface area (Å²) in [5, 5.41) is 1.10. The van der Waals surface area contributed by atoms with E-state index >= 15 is 0 Å². The first-order valence-corrected chi connectivity index (χ1v) is 10.2. The van der Waals surface area contributed by atoms with Crippen molar-refractivity contribution in [1.29, 1.82) is 0 Å². The number of ether oxygens (including phenoxy) is 1. The Morgan fingerprint density at radius 2 is 1.93 bits per heavy atom. The van der Waals surface area contributed by atoms with Crippen molar-refractivity contribution >= 4 is 16.8 Å². The van der Waals surface area contributed by atoms with Crippen LogP contribution in [0.15, 0.2) is 54.9 Å². The van der Waals surface area contributed by atoms with Gasteiger partial charge in [-0.05, 0) is 36.4 Å². The largest absolute Gasteiger partial charge is 0.383 e. The summed E-state index contributed by atoms with van der Waals surface area (Å²) < 4.78 is 7.33. The summed E-state index contributed by atoms with van der Waals surface area (Å²) in [6, 6.07) is 14.1. The number of fused-ring (bicyclic) bond motifs is 1. The van der Waals surface area contributed by atoms with Gasteiger partial charge in [0.25, 0.3) is 5.91 Å². The molecule has 0 aliphatic carbocycles. The van der Waals surface area contributed by atoms with Crippen LogP contribution in [0.3, 0.4) is 0 Å². The molecule has 1 amide bonds. The molecule has 0 saturated carbocycles. The third-order valence-corrected chi connectivity index (χ3v) is 5.62. The molecule has 0 bridgehead atoms. The minimum Gasteiger partial charge on any atom is -0.383 e. The van der Waals surface area contributed by atoms with Gasteiger partial charge in [-0.1, -0.05) is 6.07 Å². The molecular formula is C23H28N4O2. The fraction of sp³-hybridized carbons (Fsp3) is 0.391. The first-order valence-electron chi connectivity index (χ1n) is 10.2. The Bertz CT molecular complexity index is 946. The zero-order valence-corrected chi connectivity index (χ0v) is 17.0. The van der Waals surface area contributed by atoms with Gasteiger partial charge in [0, 0.05) is 87.4 Å². The van der Waals surface area contributed by atoms with Crippen LogP contribution in [0.4, 0.5) is 0 Å². The molecule has 1 aliphatic rings. The maximum Gasteiger partial charge on any atom is 0.253 e. The second-order valence-corrected chi connectivity index (χ2v) is 7.48. The Balaban J connectivity index is 1.33. The predicted octanol–water partition coefficient (Wildman–Crippen LogP) is 2.68. The molecule has 6 nitrogen and oxygen atoms in total. The van der Waals surface area contributed by atoms with E-state index in [1.807, 2.05) is 41.4 Å². The SMILES string of the molecule is COCCn1ccc2cc(C(=O)N3CCN(CCc4ccccn4)CC3)ccc21. The van der Waals surface area contributed by atoms with Crippen LogP contribution < -0.4 is 0 Å². The highest BCUT2D eigenvalue weighted by Crippen LogP contribution is 2.19. The summed E-state index contributed by atoms with van der Waals surface area (Å²) in [4.78, 5) is 21.8. The highest BCUT2D eigenvalue weighted by molar-refractivity contribution is 5.98. The number of hydrogen-bond acceptors (Lipinski definition) is 4. The summed E-state index contributed by atoms with van der Waals surface area (Å²) in [6.07, 6.45) is 4.85. The van der Waals surface area contributed by atoms with E-state index < -0.39 is 0 Å². The summed E-state index contributed by atoms with van der Waals surface area (Å²) in [6.45, 7) is 5.84. The van der Waals surface area contributed by atoms with Crippen LogP contribution in [-0.4, -0.2) is 71.7 Å². The number of carbonyl (C=O) groups excluding carboxylic acids is 1. The number of piperazine rings is 1. The molecule has 0 radical (unpaired) electrons. The molecule has 1 aliphatic heterocycles. The lowest BCUT2D eigenvalue weighted by Crippen LogP contribution is -2.49. The lowest BCUT2D eigenvalue weighted by Gasteiger charge is -2.34. The van der Waals surface area contributed by atoms with E-state index in [1.165, 1.54) is 0 Å². The van der Waals surface area contributed by atoms with Gasteiger partial charge in [0.15, 0.2) is 0 Å². The number of aromatic nitrogens is 2. The number of carbonyl (C=O) groups is 1. The van der Waals surface area contributed by atoms with Crippen molar-refractivity contribution in [3.05, 3.63) is 66.1 Å². The number of nitrogens with zero attached hydrogens (tertiary/aromatic N) is 4. The summed E-state index contributed by atoms with van der Waals surface area (Å²) in [7, 11) is 1.71. The molecule has 0 unspecified atom stereocenters. The molecule has 3 aromatic rings. The molecule has 3 heterocycles. The average Bonchev–Trinajstić information content (AvgIpc) is 3.19. The van der Waals surface area contributed by atoms with Gasteiger partial charge in [0.05, 0.1) is 6.61 Å². The van der Waals surface area contributed by atoms with Gasteiger partial charge in [0.2, 0.25) is 0 Å². The number of hydrogen-bond donors (Lipinski definition) is 0. The standard InChI is InChI=1S/C23H28N4O2/c1-29-17-16-26-11-7-19-18-20(5-6-22(19)26)23(28)27-14-12-25(13-15-27)10-8-21-4-2-3-9-24-21/h2-7,9,11,18H,8,10,12-17H2,1H3. The van der Waals surface area contributed by atoms with Gasteiger partial charge in [0.1, 0.15) is 0 Å². The van der Waals surface area contributed by atoms with Crippen molar-refractivity contribution in [2.45, 2.75) is 13.0 Å². The Labute approximate surface area is 171 Å². The Kier molecular flexibility index (Phi) is 6.22. The molecule has 0 atom stereocenters. The monoisotopic (exact) mass is 392 g/mol. The van der Waals surface area contributed by atoms with E-state index in [-0.39, 0.29) is 5.91 Å². The minimum absolute atomic E-state index is 0.126. The number of amides is 1. The van der Waals surface area contributed by atoms with Crippen molar-refractivity contribution in [2.75, 3.05) is 46.4 Å². The second-order valence-electron chi connectivity index (χ2n) is 7.48. The Morgan fingerprint density at radius 1 is 1.07 bits per heavy atom. The van der Waals surface area contributed by atoms with Crippen LogP contribution in [0.5, 0.6) is 0 Å². The van der Waals surface area contributed by atoms with Crippen LogP contribution in [0.1, 0.15) is 16.1 Å². The molecule has 4 rings (SSSR count). The molecule has 1 fully saturated rings. The van der Waals surface area contributed by atoms with Gasteiger partial charge >= 0.3 is 0 Å².